The number of aromatic nitrogens is 1. The molecule has 6 heteroatoms. The molecular formula is C8H7ClF2INO. The number of hydrogen-bond donors (Lipinski definition) is 1. The number of hydrogen-bond acceptors (Lipinski definition) is 2. The first-order chi connectivity index (χ1) is 6.60. The smallest absolute Gasteiger partial charge is 0.266 e. The van der Waals surface area contributed by atoms with Crippen molar-refractivity contribution in [2.24, 2.45) is 0 Å². The standard InChI is InChI=1S/C8H7ClF2INO/c9-2-5-7(8(10)11)4(3-14)1-6(12)13-5/h1,8,14H,2-3H2. The Balaban J connectivity index is 3.33. The van der Waals surface area contributed by atoms with Crippen LogP contribution in [0.15, 0.2) is 6.07 Å². The summed E-state index contributed by atoms with van der Waals surface area (Å²) in [6.07, 6.45) is -2.66. The van der Waals surface area contributed by atoms with Gasteiger partial charge in [-0.2, -0.15) is 0 Å². The Morgan fingerprint density at radius 3 is 2.64 bits per heavy atom. The summed E-state index contributed by atoms with van der Waals surface area (Å²) in [5.74, 6) is -0.0798. The Hall–Kier alpha value is -0.0100. The maximum Gasteiger partial charge on any atom is 0.266 e. The van der Waals surface area contributed by atoms with E-state index in [1.807, 2.05) is 22.6 Å². The van der Waals surface area contributed by atoms with E-state index in [0.29, 0.717) is 3.70 Å². The van der Waals surface area contributed by atoms with Crippen LogP contribution in [0.3, 0.4) is 0 Å². The van der Waals surface area contributed by atoms with Crippen LogP contribution in [0.2, 0.25) is 0 Å². The van der Waals surface area contributed by atoms with Crippen LogP contribution in [0.5, 0.6) is 0 Å². The lowest BCUT2D eigenvalue weighted by atomic mass is 10.1. The maximum atomic E-state index is 12.6. The van der Waals surface area contributed by atoms with Gasteiger partial charge in [0.1, 0.15) is 3.70 Å². The zero-order valence-electron chi connectivity index (χ0n) is 6.98. The Kier molecular flexibility index (Phi) is 4.46. The highest BCUT2D eigenvalue weighted by Gasteiger charge is 2.19. The van der Waals surface area contributed by atoms with Crippen molar-refractivity contribution in [2.45, 2.75) is 18.9 Å². The van der Waals surface area contributed by atoms with E-state index in [1.165, 1.54) is 6.07 Å². The minimum absolute atomic E-state index is 0.0798. The highest BCUT2D eigenvalue weighted by Crippen LogP contribution is 2.28. The molecule has 0 fully saturated rings. The molecule has 14 heavy (non-hydrogen) atoms. The average Bonchev–Trinajstić information content (AvgIpc) is 2.15. The average molecular weight is 334 g/mol. The fourth-order valence-electron chi connectivity index (χ4n) is 1.13. The molecule has 1 aromatic rings. The van der Waals surface area contributed by atoms with Gasteiger partial charge in [-0.1, -0.05) is 0 Å². The van der Waals surface area contributed by atoms with Crippen LogP contribution in [0, 0.1) is 3.70 Å². The number of pyridine rings is 1. The van der Waals surface area contributed by atoms with Crippen LogP contribution in [-0.2, 0) is 12.5 Å². The highest BCUT2D eigenvalue weighted by atomic mass is 127. The summed E-state index contributed by atoms with van der Waals surface area (Å²) in [7, 11) is 0. The molecule has 0 saturated heterocycles. The quantitative estimate of drug-likeness (QED) is 0.524. The minimum Gasteiger partial charge on any atom is -0.392 e. The minimum atomic E-state index is -2.66. The summed E-state index contributed by atoms with van der Waals surface area (Å²) in [6, 6.07) is 1.43. The van der Waals surface area contributed by atoms with Crippen LogP contribution in [-0.4, -0.2) is 10.1 Å². The molecule has 0 aliphatic carbocycles. The van der Waals surface area contributed by atoms with Crippen LogP contribution in [0.25, 0.3) is 0 Å². The van der Waals surface area contributed by atoms with Crippen molar-refractivity contribution in [1.82, 2.24) is 4.98 Å². The van der Waals surface area contributed by atoms with Crippen LogP contribution < -0.4 is 0 Å². The van der Waals surface area contributed by atoms with Crippen molar-refractivity contribution in [3.05, 3.63) is 26.6 Å². The molecule has 0 amide bonds. The van der Waals surface area contributed by atoms with Gasteiger partial charge in [0.25, 0.3) is 6.43 Å². The molecular weight excluding hydrogens is 326 g/mol. The van der Waals surface area contributed by atoms with Gasteiger partial charge in [-0.25, -0.2) is 13.8 Å². The lowest BCUT2D eigenvalue weighted by molar-refractivity contribution is 0.145. The summed E-state index contributed by atoms with van der Waals surface area (Å²) in [6.45, 7) is -0.428. The van der Waals surface area contributed by atoms with Gasteiger partial charge in [0, 0.05) is 5.56 Å². The normalized spacial score (nSPS) is 11.0. The summed E-state index contributed by atoms with van der Waals surface area (Å²) in [5.41, 5.74) is 0.0792. The zero-order valence-corrected chi connectivity index (χ0v) is 9.89. The van der Waals surface area contributed by atoms with E-state index in [0.717, 1.165) is 0 Å². The molecule has 2 nitrogen and oxygen atoms in total. The molecule has 0 radical (unpaired) electrons. The van der Waals surface area contributed by atoms with Gasteiger partial charge < -0.3 is 5.11 Å². The number of rotatable bonds is 3. The second kappa shape index (κ2) is 5.18. The lowest BCUT2D eigenvalue weighted by Gasteiger charge is -2.10. The van der Waals surface area contributed by atoms with Gasteiger partial charge in [0.05, 0.1) is 18.2 Å². The van der Waals surface area contributed by atoms with Gasteiger partial charge in [0.15, 0.2) is 0 Å². The number of aliphatic hydroxyl groups is 1. The van der Waals surface area contributed by atoms with Crippen molar-refractivity contribution >= 4 is 34.2 Å². The molecule has 78 valence electrons. The third-order valence-electron chi connectivity index (χ3n) is 1.71. The summed E-state index contributed by atoms with van der Waals surface area (Å²) >= 11 is 7.39. The second-order valence-electron chi connectivity index (χ2n) is 2.56. The molecule has 0 aliphatic heterocycles. The van der Waals surface area contributed by atoms with Crippen molar-refractivity contribution in [1.29, 1.82) is 0 Å². The monoisotopic (exact) mass is 333 g/mol. The van der Waals surface area contributed by atoms with Crippen molar-refractivity contribution < 1.29 is 13.9 Å². The molecule has 0 bridgehead atoms. The van der Waals surface area contributed by atoms with Crippen LogP contribution in [0.4, 0.5) is 8.78 Å². The fraction of sp³-hybridized carbons (Fsp3) is 0.375. The van der Waals surface area contributed by atoms with E-state index in [1.54, 1.807) is 0 Å². The van der Waals surface area contributed by atoms with Crippen molar-refractivity contribution in [3.8, 4) is 0 Å². The molecule has 0 aromatic carbocycles. The van der Waals surface area contributed by atoms with E-state index in [9.17, 15) is 8.78 Å². The molecule has 0 aliphatic rings. The molecule has 0 saturated carbocycles. The first-order valence-corrected chi connectivity index (χ1v) is 5.34. The first-order valence-electron chi connectivity index (χ1n) is 3.73. The van der Waals surface area contributed by atoms with E-state index in [2.05, 4.69) is 4.98 Å². The van der Waals surface area contributed by atoms with E-state index < -0.39 is 13.0 Å². The lowest BCUT2D eigenvalue weighted by Crippen LogP contribution is -2.04. The van der Waals surface area contributed by atoms with Gasteiger partial charge in [-0.05, 0) is 34.2 Å². The first kappa shape index (κ1) is 12.1. The molecule has 1 N–H and O–H groups in total. The predicted octanol–water partition coefficient (Wildman–Crippen LogP) is 2.85. The zero-order chi connectivity index (χ0) is 10.7. The van der Waals surface area contributed by atoms with Gasteiger partial charge in [-0.15, -0.1) is 11.6 Å². The SMILES string of the molecule is OCc1cc(I)nc(CCl)c1C(F)F. The van der Waals surface area contributed by atoms with Gasteiger partial charge in [0.2, 0.25) is 0 Å². The van der Waals surface area contributed by atoms with E-state index in [-0.39, 0.29) is 22.7 Å². The summed E-state index contributed by atoms with van der Waals surface area (Å²) in [5, 5.41) is 8.90. The molecule has 1 rings (SSSR count). The Morgan fingerprint density at radius 2 is 2.21 bits per heavy atom. The summed E-state index contributed by atoms with van der Waals surface area (Å²) < 4.78 is 25.7. The predicted molar refractivity (Wildman–Crippen MR) is 57.4 cm³/mol. The highest BCUT2D eigenvalue weighted by molar-refractivity contribution is 14.1. The van der Waals surface area contributed by atoms with Gasteiger partial charge >= 0.3 is 0 Å². The van der Waals surface area contributed by atoms with E-state index in [4.69, 9.17) is 16.7 Å². The van der Waals surface area contributed by atoms with Gasteiger partial charge in [-0.3, -0.25) is 0 Å². The summed E-state index contributed by atoms with van der Waals surface area (Å²) in [4.78, 5) is 3.89. The van der Waals surface area contributed by atoms with Crippen LogP contribution in [0.1, 0.15) is 23.2 Å². The molecule has 0 unspecified atom stereocenters. The Bertz CT molecular complexity index is 310. The van der Waals surface area contributed by atoms with Crippen molar-refractivity contribution in [2.75, 3.05) is 0 Å². The molecule has 1 heterocycles. The topological polar surface area (TPSA) is 33.1 Å². The third-order valence-corrected chi connectivity index (χ3v) is 2.51. The molecule has 0 atom stereocenters. The molecule has 1 aromatic heterocycles. The Labute approximate surface area is 98.4 Å². The van der Waals surface area contributed by atoms with Crippen molar-refractivity contribution in [3.63, 3.8) is 0 Å². The largest absolute Gasteiger partial charge is 0.392 e. The number of nitrogens with zero attached hydrogens (tertiary/aromatic N) is 1. The van der Waals surface area contributed by atoms with Crippen LogP contribution >= 0.6 is 34.2 Å². The fourth-order valence-corrected chi connectivity index (χ4v) is 2.00. The number of aliphatic hydroxyl groups excluding tert-OH is 1. The number of halogens is 4. The number of alkyl halides is 3. The van der Waals surface area contributed by atoms with E-state index >= 15 is 0 Å². The maximum absolute atomic E-state index is 12.6. The molecule has 0 spiro atoms. The Morgan fingerprint density at radius 1 is 1.57 bits per heavy atom. The second-order valence-corrected chi connectivity index (χ2v) is 3.93. The third kappa shape index (κ3) is 2.52.